The van der Waals surface area contributed by atoms with Gasteiger partial charge in [-0.15, -0.1) is 11.3 Å². The molecule has 0 aliphatic heterocycles. The molecule has 102 valence electrons. The third-order valence-electron chi connectivity index (χ3n) is 3.00. The first-order valence-electron chi connectivity index (χ1n) is 6.04. The number of hydrogen-bond acceptors (Lipinski definition) is 4. The molecule has 1 N–H and O–H groups in total. The van der Waals surface area contributed by atoms with Gasteiger partial charge >= 0.3 is 5.97 Å². The molecule has 2 aromatic rings. The quantitative estimate of drug-likeness (QED) is 0.883. The highest BCUT2D eigenvalue weighted by Crippen LogP contribution is 2.32. The number of rotatable bonds is 6. The standard InChI is InChI=1S/C14H17NO3S/c1-15(7-8-18-2)9-11-10-5-3-4-6-12(10)19-13(11)14(16)17/h3-6H,7-9H2,1-2H3,(H,16,17). The molecule has 0 aliphatic rings. The summed E-state index contributed by atoms with van der Waals surface area (Å²) in [7, 11) is 3.63. The van der Waals surface area contributed by atoms with Crippen molar-refractivity contribution in [1.82, 2.24) is 4.90 Å². The summed E-state index contributed by atoms with van der Waals surface area (Å²) in [6, 6.07) is 7.82. The number of carbonyl (C=O) groups is 1. The first kappa shape index (κ1) is 14.0. The largest absolute Gasteiger partial charge is 0.477 e. The van der Waals surface area contributed by atoms with Gasteiger partial charge in [0, 0.05) is 24.9 Å². The maximum Gasteiger partial charge on any atom is 0.346 e. The second kappa shape index (κ2) is 6.14. The lowest BCUT2D eigenvalue weighted by molar-refractivity contribution is 0.0700. The predicted octanol–water partition coefficient (Wildman–Crippen LogP) is 2.68. The molecule has 0 amide bonds. The van der Waals surface area contributed by atoms with Gasteiger partial charge in [0.05, 0.1) is 6.61 Å². The highest BCUT2D eigenvalue weighted by Gasteiger charge is 2.18. The van der Waals surface area contributed by atoms with Gasteiger partial charge in [0.2, 0.25) is 0 Å². The van der Waals surface area contributed by atoms with E-state index < -0.39 is 5.97 Å². The number of nitrogens with zero attached hydrogens (tertiary/aromatic N) is 1. The fourth-order valence-corrected chi connectivity index (χ4v) is 3.08. The molecule has 1 aromatic carbocycles. The summed E-state index contributed by atoms with van der Waals surface area (Å²) in [6.45, 7) is 2.04. The summed E-state index contributed by atoms with van der Waals surface area (Å²) >= 11 is 1.34. The van der Waals surface area contributed by atoms with Crippen LogP contribution in [0.15, 0.2) is 24.3 Å². The van der Waals surface area contributed by atoms with Crippen molar-refractivity contribution < 1.29 is 14.6 Å². The molecule has 0 atom stereocenters. The SMILES string of the molecule is COCCN(C)Cc1c(C(=O)O)sc2ccccc12. The predicted molar refractivity (Wildman–Crippen MR) is 77.0 cm³/mol. The Hall–Kier alpha value is -1.43. The van der Waals surface area contributed by atoms with Crippen molar-refractivity contribution in [2.45, 2.75) is 6.54 Å². The summed E-state index contributed by atoms with van der Waals surface area (Å²) in [6.07, 6.45) is 0. The van der Waals surface area contributed by atoms with Crippen LogP contribution >= 0.6 is 11.3 Å². The minimum Gasteiger partial charge on any atom is -0.477 e. The average Bonchev–Trinajstić information content (AvgIpc) is 2.76. The van der Waals surface area contributed by atoms with Gasteiger partial charge in [0.25, 0.3) is 0 Å². The summed E-state index contributed by atoms with van der Waals surface area (Å²) < 4.78 is 6.06. The number of fused-ring (bicyclic) bond motifs is 1. The zero-order valence-electron chi connectivity index (χ0n) is 11.0. The first-order valence-corrected chi connectivity index (χ1v) is 6.86. The third-order valence-corrected chi connectivity index (χ3v) is 4.20. The van der Waals surface area contributed by atoms with Crippen LogP contribution in [0, 0.1) is 0 Å². The van der Waals surface area contributed by atoms with Crippen LogP contribution in [0.5, 0.6) is 0 Å². The lowest BCUT2D eigenvalue weighted by Gasteiger charge is -2.16. The van der Waals surface area contributed by atoms with Crippen molar-refractivity contribution in [3.8, 4) is 0 Å². The molecule has 0 aliphatic carbocycles. The number of likely N-dealkylation sites (N-methyl/N-ethyl adjacent to an activating group) is 1. The Morgan fingerprint density at radius 1 is 1.42 bits per heavy atom. The lowest BCUT2D eigenvalue weighted by atomic mass is 10.1. The highest BCUT2D eigenvalue weighted by molar-refractivity contribution is 7.21. The van der Waals surface area contributed by atoms with Crippen LogP contribution in [0.25, 0.3) is 10.1 Å². The molecule has 2 rings (SSSR count). The van der Waals surface area contributed by atoms with Crippen LogP contribution in [0.3, 0.4) is 0 Å². The fraction of sp³-hybridized carbons (Fsp3) is 0.357. The maximum atomic E-state index is 11.4. The Bertz CT molecular complexity index is 579. The van der Waals surface area contributed by atoms with Gasteiger partial charge in [-0.05, 0) is 24.1 Å². The van der Waals surface area contributed by atoms with Crippen LogP contribution in [-0.2, 0) is 11.3 Å². The van der Waals surface area contributed by atoms with Gasteiger partial charge < -0.3 is 9.84 Å². The minimum absolute atomic E-state index is 0.436. The molecular weight excluding hydrogens is 262 g/mol. The number of carboxylic acid groups (broad SMARTS) is 1. The van der Waals surface area contributed by atoms with Gasteiger partial charge in [-0.25, -0.2) is 4.79 Å². The maximum absolute atomic E-state index is 11.4. The zero-order valence-corrected chi connectivity index (χ0v) is 11.9. The monoisotopic (exact) mass is 279 g/mol. The minimum atomic E-state index is -0.851. The van der Waals surface area contributed by atoms with Crippen molar-refractivity contribution in [3.63, 3.8) is 0 Å². The number of hydrogen-bond donors (Lipinski definition) is 1. The first-order chi connectivity index (χ1) is 9.13. The van der Waals surface area contributed by atoms with Crippen LogP contribution < -0.4 is 0 Å². The van der Waals surface area contributed by atoms with E-state index in [1.807, 2.05) is 31.3 Å². The van der Waals surface area contributed by atoms with Crippen molar-refractivity contribution in [1.29, 1.82) is 0 Å². The number of methoxy groups -OCH3 is 1. The summed E-state index contributed by atoms with van der Waals surface area (Å²) in [5, 5.41) is 10.4. The molecule has 5 heteroatoms. The molecule has 0 radical (unpaired) electrons. The second-order valence-electron chi connectivity index (χ2n) is 4.44. The third kappa shape index (κ3) is 3.12. The number of aromatic carboxylic acids is 1. The summed E-state index contributed by atoms with van der Waals surface area (Å²) in [4.78, 5) is 13.9. The van der Waals surface area contributed by atoms with E-state index in [1.165, 1.54) is 11.3 Å². The van der Waals surface area contributed by atoms with Gasteiger partial charge in [-0.3, -0.25) is 4.90 Å². The van der Waals surface area contributed by atoms with E-state index in [0.29, 0.717) is 18.0 Å². The molecule has 0 bridgehead atoms. The Labute approximate surface area is 116 Å². The van der Waals surface area contributed by atoms with E-state index in [2.05, 4.69) is 4.90 Å². The molecular formula is C14H17NO3S. The molecule has 4 nitrogen and oxygen atoms in total. The van der Waals surface area contributed by atoms with Crippen molar-refractivity contribution in [3.05, 3.63) is 34.7 Å². The van der Waals surface area contributed by atoms with Crippen molar-refractivity contribution in [2.24, 2.45) is 0 Å². The summed E-state index contributed by atoms with van der Waals surface area (Å²) in [5.41, 5.74) is 0.895. The van der Waals surface area contributed by atoms with Crippen LogP contribution in [0.4, 0.5) is 0 Å². The van der Waals surface area contributed by atoms with E-state index in [1.54, 1.807) is 7.11 Å². The molecule has 0 unspecified atom stereocenters. The molecule has 0 spiro atoms. The van der Waals surface area contributed by atoms with Gasteiger partial charge in [-0.2, -0.15) is 0 Å². The van der Waals surface area contributed by atoms with E-state index in [9.17, 15) is 9.90 Å². The van der Waals surface area contributed by atoms with Crippen LogP contribution in [0.2, 0.25) is 0 Å². The van der Waals surface area contributed by atoms with E-state index >= 15 is 0 Å². The van der Waals surface area contributed by atoms with Gasteiger partial charge in [-0.1, -0.05) is 18.2 Å². The van der Waals surface area contributed by atoms with E-state index in [4.69, 9.17) is 4.74 Å². The number of thiophene rings is 1. The van der Waals surface area contributed by atoms with Crippen LogP contribution in [0.1, 0.15) is 15.2 Å². The van der Waals surface area contributed by atoms with Gasteiger partial charge in [0.1, 0.15) is 4.88 Å². The lowest BCUT2D eigenvalue weighted by Crippen LogP contribution is -2.23. The normalized spacial score (nSPS) is 11.3. The number of carboxylic acids is 1. The molecule has 19 heavy (non-hydrogen) atoms. The fourth-order valence-electron chi connectivity index (χ4n) is 2.02. The van der Waals surface area contributed by atoms with Crippen molar-refractivity contribution in [2.75, 3.05) is 27.3 Å². The van der Waals surface area contributed by atoms with Crippen molar-refractivity contribution >= 4 is 27.4 Å². The molecule has 1 aromatic heterocycles. The molecule has 1 heterocycles. The van der Waals surface area contributed by atoms with E-state index in [-0.39, 0.29) is 0 Å². The van der Waals surface area contributed by atoms with Gasteiger partial charge in [0.15, 0.2) is 0 Å². The second-order valence-corrected chi connectivity index (χ2v) is 5.49. The number of ether oxygens (including phenoxy) is 1. The average molecular weight is 279 g/mol. The Kier molecular flexibility index (Phi) is 4.52. The molecule has 0 saturated heterocycles. The smallest absolute Gasteiger partial charge is 0.346 e. The topological polar surface area (TPSA) is 49.8 Å². The molecule has 0 saturated carbocycles. The zero-order chi connectivity index (χ0) is 13.8. The Balaban J connectivity index is 2.34. The number of benzene rings is 1. The Morgan fingerprint density at radius 2 is 2.16 bits per heavy atom. The summed E-state index contributed by atoms with van der Waals surface area (Å²) in [5.74, 6) is -0.851. The van der Waals surface area contributed by atoms with E-state index in [0.717, 1.165) is 22.2 Å². The molecule has 0 fully saturated rings. The van der Waals surface area contributed by atoms with Crippen LogP contribution in [-0.4, -0.2) is 43.3 Å². The Morgan fingerprint density at radius 3 is 2.84 bits per heavy atom. The highest BCUT2D eigenvalue weighted by atomic mass is 32.1.